The second-order valence-corrected chi connectivity index (χ2v) is 3.95. The van der Waals surface area contributed by atoms with Crippen LogP contribution in [-0.4, -0.2) is 35.3 Å². The molecule has 1 aliphatic heterocycles. The average Bonchev–Trinajstić information content (AvgIpc) is 2.58. The van der Waals surface area contributed by atoms with Gasteiger partial charge in [-0.2, -0.15) is 0 Å². The number of rotatable bonds is 1. The molecule has 80 valence electrons. The minimum absolute atomic E-state index is 0.0547. The van der Waals surface area contributed by atoms with E-state index >= 15 is 0 Å². The fraction of sp³-hybridized carbons (Fsp3) is 0.875. The number of alkyl halides is 2. The van der Waals surface area contributed by atoms with Gasteiger partial charge in [0.25, 0.3) is 5.92 Å². The van der Waals surface area contributed by atoms with Crippen LogP contribution < -0.4 is 0 Å². The molecule has 2 aliphatic rings. The summed E-state index contributed by atoms with van der Waals surface area (Å²) in [4.78, 5) is 14.5. The van der Waals surface area contributed by atoms with Crippen LogP contribution in [0.2, 0.25) is 0 Å². The van der Waals surface area contributed by atoms with Crippen LogP contribution in [0.3, 0.4) is 0 Å². The fourth-order valence-electron chi connectivity index (χ4n) is 2.04. The number of hydrogen-bond donors (Lipinski definition) is 1. The zero-order chi connectivity index (χ0) is 10.4. The molecule has 0 unspecified atom stereocenters. The molecular formula is C8H11F2NO3. The van der Waals surface area contributed by atoms with Crippen molar-refractivity contribution in [3.63, 3.8) is 0 Å². The zero-order valence-corrected chi connectivity index (χ0v) is 7.50. The first-order chi connectivity index (χ1) is 6.45. The highest BCUT2D eigenvalue weighted by Gasteiger charge is 2.70. The van der Waals surface area contributed by atoms with E-state index in [4.69, 9.17) is 5.11 Å². The lowest BCUT2D eigenvalue weighted by atomic mass is 9.94. The molecule has 0 bridgehead atoms. The molecule has 6 heteroatoms. The minimum atomic E-state index is -2.54. The van der Waals surface area contributed by atoms with Gasteiger partial charge in [-0.25, -0.2) is 13.6 Å². The van der Waals surface area contributed by atoms with Crippen molar-refractivity contribution < 1.29 is 23.5 Å². The van der Waals surface area contributed by atoms with Crippen LogP contribution in [0.4, 0.5) is 13.6 Å². The fourth-order valence-corrected chi connectivity index (χ4v) is 2.04. The monoisotopic (exact) mass is 207 g/mol. The van der Waals surface area contributed by atoms with E-state index in [1.807, 2.05) is 0 Å². The number of carbonyl (C=O) groups is 1. The standard InChI is InChI=1S/C8H11F2NO3/c9-8(10)5-7(8)1-3-11(4-2-7)14-6(12)13/h1-5H2,(H,12,13). The van der Waals surface area contributed by atoms with Crippen LogP contribution in [0.25, 0.3) is 0 Å². The topological polar surface area (TPSA) is 49.8 Å². The van der Waals surface area contributed by atoms with Gasteiger partial charge in [-0.05, 0) is 12.8 Å². The number of halogens is 2. The maximum atomic E-state index is 12.9. The normalized spacial score (nSPS) is 28.7. The van der Waals surface area contributed by atoms with E-state index in [-0.39, 0.29) is 19.5 Å². The molecule has 1 heterocycles. The summed E-state index contributed by atoms with van der Waals surface area (Å²) in [6, 6.07) is 0. The third-order valence-corrected chi connectivity index (χ3v) is 3.10. The summed E-state index contributed by atoms with van der Waals surface area (Å²) in [5.74, 6) is -2.54. The Labute approximate surface area is 79.4 Å². The summed E-state index contributed by atoms with van der Waals surface area (Å²) >= 11 is 0. The quantitative estimate of drug-likeness (QED) is 0.711. The lowest BCUT2D eigenvalue weighted by molar-refractivity contribution is -0.144. The lowest BCUT2D eigenvalue weighted by Gasteiger charge is -2.29. The maximum absolute atomic E-state index is 12.9. The smallest absolute Gasteiger partial charge is 0.448 e. The summed E-state index contributed by atoms with van der Waals surface area (Å²) < 4.78 is 25.8. The highest BCUT2D eigenvalue weighted by Crippen LogP contribution is 2.65. The van der Waals surface area contributed by atoms with Crippen LogP contribution in [0.1, 0.15) is 19.3 Å². The molecule has 2 rings (SSSR count). The van der Waals surface area contributed by atoms with Gasteiger partial charge >= 0.3 is 6.16 Å². The van der Waals surface area contributed by atoms with Crippen molar-refractivity contribution in [2.75, 3.05) is 13.1 Å². The Bertz CT molecular complexity index is 261. The van der Waals surface area contributed by atoms with Crippen molar-refractivity contribution in [1.29, 1.82) is 0 Å². The van der Waals surface area contributed by atoms with Gasteiger partial charge in [-0.3, -0.25) is 0 Å². The molecule has 0 aromatic carbocycles. The van der Waals surface area contributed by atoms with Gasteiger partial charge in [0.2, 0.25) is 0 Å². The molecule has 14 heavy (non-hydrogen) atoms. The molecule has 0 aromatic heterocycles. The van der Waals surface area contributed by atoms with E-state index in [9.17, 15) is 13.6 Å². The molecule has 1 aliphatic carbocycles. The predicted octanol–water partition coefficient (Wildman–Crippen LogP) is 1.72. The first kappa shape index (κ1) is 9.64. The van der Waals surface area contributed by atoms with Gasteiger partial charge in [0.05, 0.1) is 0 Å². The van der Waals surface area contributed by atoms with Crippen LogP contribution in [0, 0.1) is 5.41 Å². The molecule has 0 aromatic rings. The molecule has 0 radical (unpaired) electrons. The zero-order valence-electron chi connectivity index (χ0n) is 7.50. The summed E-state index contributed by atoms with van der Waals surface area (Å²) in [6.45, 7) is 0.532. The van der Waals surface area contributed by atoms with E-state index in [1.54, 1.807) is 0 Å². The van der Waals surface area contributed by atoms with Crippen LogP contribution in [0.5, 0.6) is 0 Å². The Balaban J connectivity index is 1.85. The second-order valence-electron chi connectivity index (χ2n) is 3.95. The van der Waals surface area contributed by atoms with Crippen molar-refractivity contribution in [2.45, 2.75) is 25.2 Å². The van der Waals surface area contributed by atoms with Gasteiger partial charge in [0, 0.05) is 24.9 Å². The van der Waals surface area contributed by atoms with Gasteiger partial charge in [-0.1, -0.05) is 0 Å². The van der Waals surface area contributed by atoms with E-state index in [2.05, 4.69) is 4.84 Å². The van der Waals surface area contributed by atoms with E-state index in [1.165, 1.54) is 5.06 Å². The first-order valence-electron chi connectivity index (χ1n) is 4.49. The third-order valence-electron chi connectivity index (χ3n) is 3.10. The molecule has 4 nitrogen and oxygen atoms in total. The van der Waals surface area contributed by atoms with Crippen LogP contribution in [-0.2, 0) is 4.84 Å². The lowest BCUT2D eigenvalue weighted by Crippen LogP contribution is -2.37. The highest BCUT2D eigenvalue weighted by molar-refractivity contribution is 5.56. The number of carboxylic acid groups (broad SMARTS) is 1. The Morgan fingerprint density at radius 2 is 1.86 bits per heavy atom. The average molecular weight is 207 g/mol. The maximum Gasteiger partial charge on any atom is 0.525 e. The number of hydroxylamine groups is 2. The van der Waals surface area contributed by atoms with Crippen molar-refractivity contribution >= 4 is 6.16 Å². The highest BCUT2D eigenvalue weighted by atomic mass is 19.3. The van der Waals surface area contributed by atoms with E-state index < -0.39 is 17.5 Å². The molecule has 1 N–H and O–H groups in total. The van der Waals surface area contributed by atoms with Crippen LogP contribution >= 0.6 is 0 Å². The molecule has 0 atom stereocenters. The van der Waals surface area contributed by atoms with Gasteiger partial charge in [0.15, 0.2) is 0 Å². The number of piperidine rings is 1. The van der Waals surface area contributed by atoms with Gasteiger partial charge in [-0.15, -0.1) is 5.06 Å². The van der Waals surface area contributed by atoms with Crippen molar-refractivity contribution in [1.82, 2.24) is 5.06 Å². The van der Waals surface area contributed by atoms with Crippen LogP contribution in [0.15, 0.2) is 0 Å². The number of nitrogens with zero attached hydrogens (tertiary/aromatic N) is 1. The Kier molecular flexibility index (Phi) is 1.92. The molecule has 1 saturated heterocycles. The summed E-state index contributed by atoms with van der Waals surface area (Å²) in [6.07, 6.45) is -0.815. The molecular weight excluding hydrogens is 196 g/mol. The van der Waals surface area contributed by atoms with Crippen molar-refractivity contribution in [3.8, 4) is 0 Å². The largest absolute Gasteiger partial charge is 0.525 e. The van der Waals surface area contributed by atoms with Crippen molar-refractivity contribution in [3.05, 3.63) is 0 Å². The second kappa shape index (κ2) is 2.79. The Morgan fingerprint density at radius 3 is 2.21 bits per heavy atom. The Morgan fingerprint density at radius 1 is 1.36 bits per heavy atom. The van der Waals surface area contributed by atoms with Gasteiger partial charge in [0.1, 0.15) is 0 Å². The molecule has 0 amide bonds. The number of hydrogen-bond acceptors (Lipinski definition) is 3. The summed E-state index contributed by atoms with van der Waals surface area (Å²) in [5, 5.41) is 9.53. The molecule has 2 fully saturated rings. The van der Waals surface area contributed by atoms with E-state index in [0.29, 0.717) is 12.8 Å². The Hall–Kier alpha value is -0.910. The molecule has 1 spiro atoms. The third kappa shape index (κ3) is 1.43. The minimum Gasteiger partial charge on any atom is -0.448 e. The SMILES string of the molecule is O=C(O)ON1CCC2(CC1)CC2(F)F. The van der Waals surface area contributed by atoms with Gasteiger partial charge < -0.3 is 9.94 Å². The summed E-state index contributed by atoms with van der Waals surface area (Å²) in [5.41, 5.74) is -0.856. The summed E-state index contributed by atoms with van der Waals surface area (Å²) in [7, 11) is 0. The predicted molar refractivity (Wildman–Crippen MR) is 41.9 cm³/mol. The van der Waals surface area contributed by atoms with E-state index in [0.717, 1.165) is 0 Å². The molecule has 1 saturated carbocycles. The van der Waals surface area contributed by atoms with Crippen molar-refractivity contribution in [2.24, 2.45) is 5.41 Å². The first-order valence-corrected chi connectivity index (χ1v) is 4.49.